The maximum absolute atomic E-state index is 12.4. The molecule has 1 atom stereocenters. The molecule has 0 saturated heterocycles. The molecule has 0 aliphatic rings. The highest BCUT2D eigenvalue weighted by atomic mass is 16.3. The van der Waals surface area contributed by atoms with E-state index in [-0.39, 0.29) is 23.6 Å². The second-order valence-electron chi connectivity index (χ2n) is 6.64. The quantitative estimate of drug-likeness (QED) is 0.318. The fraction of sp³-hybridized carbons (Fsp3) is 0.389. The highest BCUT2D eigenvalue weighted by Crippen LogP contribution is 2.27. The predicted molar refractivity (Wildman–Crippen MR) is 102 cm³/mol. The van der Waals surface area contributed by atoms with Crippen molar-refractivity contribution in [3.05, 3.63) is 50.9 Å². The summed E-state index contributed by atoms with van der Waals surface area (Å²) in [7, 11) is 3.01. The second kappa shape index (κ2) is 7.87. The molecular weight excluding hydrogens is 366 g/mol. The minimum atomic E-state index is -0.831. The van der Waals surface area contributed by atoms with Gasteiger partial charge in [0.1, 0.15) is 0 Å². The molecular formula is C18H23N5O5. The smallest absolute Gasteiger partial charge is 0.332 e. The van der Waals surface area contributed by atoms with Crippen LogP contribution in [0, 0.1) is 0 Å². The summed E-state index contributed by atoms with van der Waals surface area (Å²) in [4.78, 5) is 28.5. The van der Waals surface area contributed by atoms with Gasteiger partial charge in [-0.05, 0) is 30.7 Å². The molecule has 0 aliphatic heterocycles. The summed E-state index contributed by atoms with van der Waals surface area (Å²) in [5.41, 5.74) is 0.422. The molecule has 4 N–H and O–H groups in total. The third-order valence-corrected chi connectivity index (χ3v) is 4.69. The van der Waals surface area contributed by atoms with Crippen LogP contribution in [0.25, 0.3) is 11.2 Å². The molecule has 1 aromatic carbocycles. The molecule has 0 fully saturated rings. The topological polar surface area (TPSA) is 135 Å². The Hall–Kier alpha value is -3.11. The van der Waals surface area contributed by atoms with Crippen LogP contribution in [0.5, 0.6) is 11.5 Å². The van der Waals surface area contributed by atoms with Gasteiger partial charge in [-0.1, -0.05) is 6.07 Å². The van der Waals surface area contributed by atoms with Crippen LogP contribution in [0.15, 0.2) is 34.1 Å². The largest absolute Gasteiger partial charge is 0.504 e. The predicted octanol–water partition coefficient (Wildman–Crippen LogP) is -0.442. The van der Waals surface area contributed by atoms with Gasteiger partial charge in [-0.15, -0.1) is 0 Å². The van der Waals surface area contributed by atoms with Gasteiger partial charge in [0.2, 0.25) is 0 Å². The molecule has 0 radical (unpaired) electrons. The first-order valence-electron chi connectivity index (χ1n) is 8.82. The number of hydrogen-bond acceptors (Lipinski definition) is 7. The number of phenolic OH excluding ortho intramolecular Hbond substituents is 2. The van der Waals surface area contributed by atoms with Crippen molar-refractivity contribution in [1.29, 1.82) is 0 Å². The summed E-state index contributed by atoms with van der Waals surface area (Å²) in [6.07, 6.45) is 1.38. The van der Waals surface area contributed by atoms with E-state index in [1.165, 1.54) is 23.7 Å². The molecule has 0 bridgehead atoms. The van der Waals surface area contributed by atoms with Crippen LogP contribution in [0.1, 0.15) is 18.1 Å². The lowest BCUT2D eigenvalue weighted by molar-refractivity contribution is 0.174. The fourth-order valence-electron chi connectivity index (χ4n) is 3.05. The molecule has 2 heterocycles. The van der Waals surface area contributed by atoms with Gasteiger partial charge in [0.15, 0.2) is 22.7 Å². The number of hydrogen-bond donors (Lipinski definition) is 4. The van der Waals surface area contributed by atoms with Gasteiger partial charge in [0, 0.05) is 27.2 Å². The van der Waals surface area contributed by atoms with Crippen LogP contribution >= 0.6 is 0 Å². The van der Waals surface area contributed by atoms with Crippen molar-refractivity contribution in [2.45, 2.75) is 19.1 Å². The Labute approximate surface area is 159 Å². The molecule has 3 aromatic rings. The molecule has 150 valence electrons. The Bertz CT molecular complexity index is 1110. The third kappa shape index (κ3) is 3.64. The van der Waals surface area contributed by atoms with Gasteiger partial charge in [0.05, 0.1) is 12.4 Å². The standard InChI is InChI=1S/C18H23N5O5/c1-21-16-15(17(27)22(2)18(21)28)23(10-20-16)7-3-6-19-9-14(26)11-4-5-12(24)13(25)8-11/h4-5,8,10,14,19,24-26H,3,6-7,9H2,1-2H3/t14-/m0/s1. The van der Waals surface area contributed by atoms with Crippen molar-refractivity contribution in [3.8, 4) is 11.5 Å². The summed E-state index contributed by atoms with van der Waals surface area (Å²) in [6.45, 7) is 1.37. The van der Waals surface area contributed by atoms with Gasteiger partial charge >= 0.3 is 5.69 Å². The normalized spacial score (nSPS) is 12.5. The number of aryl methyl sites for hydroxylation is 2. The molecule has 28 heavy (non-hydrogen) atoms. The van der Waals surface area contributed by atoms with Crippen molar-refractivity contribution in [2.24, 2.45) is 14.1 Å². The number of aromatic nitrogens is 4. The zero-order valence-corrected chi connectivity index (χ0v) is 15.7. The van der Waals surface area contributed by atoms with E-state index in [4.69, 9.17) is 0 Å². The number of fused-ring (bicyclic) bond motifs is 1. The van der Waals surface area contributed by atoms with Crippen molar-refractivity contribution in [3.63, 3.8) is 0 Å². The Kier molecular flexibility index (Phi) is 5.52. The van der Waals surface area contributed by atoms with Crippen LogP contribution < -0.4 is 16.6 Å². The Morgan fingerprint density at radius 3 is 2.61 bits per heavy atom. The van der Waals surface area contributed by atoms with Gasteiger partial charge in [-0.3, -0.25) is 13.9 Å². The molecule has 3 rings (SSSR count). The van der Waals surface area contributed by atoms with Crippen molar-refractivity contribution in [2.75, 3.05) is 13.1 Å². The van der Waals surface area contributed by atoms with E-state index < -0.39 is 11.8 Å². The van der Waals surface area contributed by atoms with E-state index in [0.717, 1.165) is 4.57 Å². The number of rotatable bonds is 7. The van der Waals surface area contributed by atoms with Crippen LogP contribution in [0.2, 0.25) is 0 Å². The van der Waals surface area contributed by atoms with Gasteiger partial charge in [0.25, 0.3) is 5.56 Å². The van der Waals surface area contributed by atoms with Crippen molar-refractivity contribution in [1.82, 2.24) is 24.0 Å². The number of phenols is 2. The number of nitrogens with one attached hydrogen (secondary N) is 1. The Balaban J connectivity index is 1.58. The lowest BCUT2D eigenvalue weighted by Crippen LogP contribution is -2.37. The monoisotopic (exact) mass is 389 g/mol. The number of imidazole rings is 1. The van der Waals surface area contributed by atoms with E-state index in [0.29, 0.717) is 36.2 Å². The number of aliphatic hydroxyl groups excluding tert-OH is 1. The SMILES string of the molecule is Cn1c(=O)c2c(ncn2CCCNC[C@H](O)c2ccc(O)c(O)c2)n(C)c1=O. The molecule has 0 aliphatic carbocycles. The van der Waals surface area contributed by atoms with Gasteiger partial charge in [-0.2, -0.15) is 0 Å². The first-order valence-corrected chi connectivity index (χ1v) is 8.82. The molecule has 10 nitrogen and oxygen atoms in total. The van der Waals surface area contributed by atoms with E-state index in [2.05, 4.69) is 10.3 Å². The fourth-order valence-corrected chi connectivity index (χ4v) is 3.05. The minimum Gasteiger partial charge on any atom is -0.504 e. The maximum Gasteiger partial charge on any atom is 0.332 e. The average molecular weight is 389 g/mol. The Morgan fingerprint density at radius 1 is 1.14 bits per heavy atom. The minimum absolute atomic E-state index is 0.236. The lowest BCUT2D eigenvalue weighted by Gasteiger charge is -2.13. The number of aromatic hydroxyl groups is 2. The highest BCUT2D eigenvalue weighted by Gasteiger charge is 2.14. The summed E-state index contributed by atoms with van der Waals surface area (Å²) < 4.78 is 4.12. The molecule has 0 unspecified atom stereocenters. The maximum atomic E-state index is 12.4. The first kappa shape index (κ1) is 19.6. The van der Waals surface area contributed by atoms with Gasteiger partial charge < -0.3 is 25.2 Å². The average Bonchev–Trinajstić information content (AvgIpc) is 3.10. The lowest BCUT2D eigenvalue weighted by atomic mass is 10.1. The van der Waals surface area contributed by atoms with Crippen molar-refractivity contribution < 1.29 is 15.3 Å². The molecule has 2 aromatic heterocycles. The third-order valence-electron chi connectivity index (χ3n) is 4.69. The van der Waals surface area contributed by atoms with Crippen LogP contribution in [-0.4, -0.2) is 47.1 Å². The molecule has 10 heteroatoms. The van der Waals surface area contributed by atoms with Crippen LogP contribution in [0.4, 0.5) is 0 Å². The number of benzene rings is 1. The number of aliphatic hydroxyl groups is 1. The summed E-state index contributed by atoms with van der Waals surface area (Å²) in [6, 6.07) is 4.18. The zero-order valence-electron chi connectivity index (χ0n) is 15.7. The van der Waals surface area contributed by atoms with E-state index in [9.17, 15) is 24.9 Å². The summed E-state index contributed by atoms with van der Waals surface area (Å²) in [5.74, 6) is -0.514. The highest BCUT2D eigenvalue weighted by molar-refractivity contribution is 5.69. The summed E-state index contributed by atoms with van der Waals surface area (Å²) >= 11 is 0. The second-order valence-corrected chi connectivity index (χ2v) is 6.64. The first-order chi connectivity index (χ1) is 13.3. The van der Waals surface area contributed by atoms with E-state index in [1.54, 1.807) is 24.0 Å². The zero-order chi connectivity index (χ0) is 20.4. The van der Waals surface area contributed by atoms with E-state index >= 15 is 0 Å². The molecule has 0 amide bonds. The summed E-state index contributed by atoms with van der Waals surface area (Å²) in [5, 5.41) is 32.0. The van der Waals surface area contributed by atoms with Crippen LogP contribution in [-0.2, 0) is 20.6 Å². The van der Waals surface area contributed by atoms with Crippen molar-refractivity contribution >= 4 is 11.2 Å². The molecule has 0 saturated carbocycles. The molecule has 0 spiro atoms. The van der Waals surface area contributed by atoms with Crippen LogP contribution in [0.3, 0.4) is 0 Å². The van der Waals surface area contributed by atoms with Gasteiger partial charge in [-0.25, -0.2) is 9.78 Å². The Morgan fingerprint density at radius 2 is 1.89 bits per heavy atom. The number of nitrogens with zero attached hydrogens (tertiary/aromatic N) is 4. The van der Waals surface area contributed by atoms with E-state index in [1.807, 2.05) is 0 Å².